The molecule has 1 aliphatic carbocycles. The minimum Gasteiger partial charge on any atom is -0.393 e. The number of hydrogen-bond acceptors (Lipinski definition) is 3. The second kappa shape index (κ2) is 7.58. The molecule has 0 aliphatic heterocycles. The lowest BCUT2D eigenvalue weighted by Crippen LogP contribution is -2.32. The van der Waals surface area contributed by atoms with Crippen LogP contribution in [0.2, 0.25) is 0 Å². The van der Waals surface area contributed by atoms with Crippen LogP contribution in [0.1, 0.15) is 31.2 Å². The van der Waals surface area contributed by atoms with Gasteiger partial charge in [-0.15, -0.1) is 11.6 Å². The summed E-state index contributed by atoms with van der Waals surface area (Å²) in [4.78, 5) is 0.289. The number of hydrogen-bond donors (Lipinski definition) is 2. The van der Waals surface area contributed by atoms with Crippen molar-refractivity contribution in [1.82, 2.24) is 4.72 Å². The lowest BCUT2D eigenvalue weighted by molar-refractivity contribution is 0.109. The molecule has 1 saturated carbocycles. The number of sulfonamides is 1. The molecule has 0 amide bonds. The molecule has 0 radical (unpaired) electrons. The summed E-state index contributed by atoms with van der Waals surface area (Å²) in [6, 6.07) is 6.84. The zero-order valence-corrected chi connectivity index (χ0v) is 13.5. The summed E-state index contributed by atoms with van der Waals surface area (Å²) in [5.41, 5.74) is 1.03. The number of aliphatic hydroxyl groups excluding tert-OH is 1. The van der Waals surface area contributed by atoms with Crippen molar-refractivity contribution in [2.75, 3.05) is 12.4 Å². The Morgan fingerprint density at radius 2 is 1.76 bits per heavy atom. The fourth-order valence-corrected chi connectivity index (χ4v) is 3.94. The van der Waals surface area contributed by atoms with E-state index < -0.39 is 10.0 Å². The van der Waals surface area contributed by atoms with Crippen LogP contribution in [0.15, 0.2) is 29.2 Å². The third-order valence-electron chi connectivity index (χ3n) is 4.00. The molecule has 1 fully saturated rings. The van der Waals surface area contributed by atoms with Gasteiger partial charge in [0.15, 0.2) is 0 Å². The van der Waals surface area contributed by atoms with E-state index >= 15 is 0 Å². The number of benzene rings is 1. The van der Waals surface area contributed by atoms with Gasteiger partial charge < -0.3 is 5.11 Å². The van der Waals surface area contributed by atoms with Gasteiger partial charge in [-0.25, -0.2) is 13.1 Å². The molecule has 0 spiro atoms. The van der Waals surface area contributed by atoms with Crippen molar-refractivity contribution in [3.05, 3.63) is 29.8 Å². The van der Waals surface area contributed by atoms with Gasteiger partial charge in [-0.1, -0.05) is 12.1 Å². The van der Waals surface area contributed by atoms with Crippen molar-refractivity contribution in [3.63, 3.8) is 0 Å². The predicted octanol–water partition coefficient (Wildman–Crippen LogP) is 2.30. The van der Waals surface area contributed by atoms with Gasteiger partial charge in [0.25, 0.3) is 0 Å². The van der Waals surface area contributed by atoms with Gasteiger partial charge in [0.05, 0.1) is 11.0 Å². The molecule has 4 nitrogen and oxygen atoms in total. The molecular formula is C15H22ClNO3S. The molecule has 0 bridgehead atoms. The molecule has 6 heteroatoms. The molecule has 2 rings (SSSR count). The number of halogens is 1. The van der Waals surface area contributed by atoms with Crippen LogP contribution < -0.4 is 4.72 Å². The highest BCUT2D eigenvalue weighted by Crippen LogP contribution is 2.24. The smallest absolute Gasteiger partial charge is 0.240 e. The fourth-order valence-electron chi connectivity index (χ4n) is 2.60. The summed E-state index contributed by atoms with van der Waals surface area (Å²) in [7, 11) is -3.45. The Morgan fingerprint density at radius 3 is 2.33 bits per heavy atom. The first-order valence-corrected chi connectivity index (χ1v) is 9.35. The lowest BCUT2D eigenvalue weighted by atomic mass is 9.88. The van der Waals surface area contributed by atoms with Crippen LogP contribution in [0, 0.1) is 5.92 Å². The van der Waals surface area contributed by atoms with Gasteiger partial charge >= 0.3 is 0 Å². The average Bonchev–Trinajstić information content (AvgIpc) is 2.48. The summed E-state index contributed by atoms with van der Waals surface area (Å²) in [6.45, 7) is 0.443. The molecule has 1 aliphatic rings. The Kier molecular flexibility index (Phi) is 6.05. The van der Waals surface area contributed by atoms with E-state index in [4.69, 9.17) is 11.6 Å². The number of aliphatic hydroxyl groups is 1. The van der Waals surface area contributed by atoms with Gasteiger partial charge in [0.2, 0.25) is 10.0 Å². The van der Waals surface area contributed by atoms with Crippen molar-refractivity contribution in [3.8, 4) is 0 Å². The standard InChI is InChI=1S/C15H22ClNO3S/c16-10-9-12-3-7-15(8-4-12)21(19,20)17-11-13-1-5-14(18)6-2-13/h3-4,7-8,13-14,17-18H,1-2,5-6,9-11H2. The monoisotopic (exact) mass is 331 g/mol. The molecule has 1 aromatic rings. The zero-order chi connectivity index (χ0) is 15.3. The van der Waals surface area contributed by atoms with Crippen LogP contribution in [0.25, 0.3) is 0 Å². The number of nitrogens with one attached hydrogen (secondary N) is 1. The molecular weight excluding hydrogens is 310 g/mol. The van der Waals surface area contributed by atoms with Gasteiger partial charge in [0.1, 0.15) is 0 Å². The van der Waals surface area contributed by atoms with Gasteiger partial charge in [-0.05, 0) is 55.7 Å². The average molecular weight is 332 g/mol. The molecule has 21 heavy (non-hydrogen) atoms. The highest BCUT2D eigenvalue weighted by Gasteiger charge is 2.22. The van der Waals surface area contributed by atoms with Crippen molar-refractivity contribution < 1.29 is 13.5 Å². The maximum Gasteiger partial charge on any atom is 0.240 e. The minimum absolute atomic E-state index is 0.215. The summed E-state index contributed by atoms with van der Waals surface area (Å²) in [5, 5.41) is 9.45. The second-order valence-corrected chi connectivity index (χ2v) is 7.75. The third kappa shape index (κ3) is 4.95. The molecule has 118 valence electrons. The van der Waals surface area contributed by atoms with E-state index in [0.29, 0.717) is 18.3 Å². The minimum atomic E-state index is -3.45. The number of rotatable bonds is 6. The van der Waals surface area contributed by atoms with Gasteiger partial charge in [-0.2, -0.15) is 0 Å². The van der Waals surface area contributed by atoms with E-state index in [1.54, 1.807) is 24.3 Å². The number of alkyl halides is 1. The van der Waals surface area contributed by atoms with Crippen LogP contribution in [-0.4, -0.2) is 32.1 Å². The van der Waals surface area contributed by atoms with Crippen molar-refractivity contribution in [1.29, 1.82) is 0 Å². The van der Waals surface area contributed by atoms with Crippen molar-refractivity contribution in [2.45, 2.75) is 43.1 Å². The van der Waals surface area contributed by atoms with E-state index in [2.05, 4.69) is 4.72 Å². The van der Waals surface area contributed by atoms with Crippen LogP contribution >= 0.6 is 11.6 Å². The molecule has 2 N–H and O–H groups in total. The fraction of sp³-hybridized carbons (Fsp3) is 0.600. The molecule has 0 aromatic heterocycles. The van der Waals surface area contributed by atoms with Crippen LogP contribution in [0.4, 0.5) is 0 Å². The Morgan fingerprint density at radius 1 is 1.14 bits per heavy atom. The van der Waals surface area contributed by atoms with Gasteiger partial charge in [0, 0.05) is 12.4 Å². The second-order valence-electron chi connectivity index (χ2n) is 5.61. The summed E-state index contributed by atoms with van der Waals surface area (Å²) in [6.07, 6.45) is 3.79. The molecule has 0 saturated heterocycles. The Balaban J connectivity index is 1.91. The lowest BCUT2D eigenvalue weighted by Gasteiger charge is -2.25. The Bertz CT molecular complexity index is 537. The first-order valence-electron chi connectivity index (χ1n) is 7.34. The first kappa shape index (κ1) is 16.7. The summed E-state index contributed by atoms with van der Waals surface area (Å²) >= 11 is 5.66. The first-order chi connectivity index (χ1) is 10.0. The van der Waals surface area contributed by atoms with E-state index in [1.165, 1.54) is 0 Å². The molecule has 1 aromatic carbocycles. The van der Waals surface area contributed by atoms with Crippen LogP contribution in [-0.2, 0) is 16.4 Å². The summed E-state index contributed by atoms with van der Waals surface area (Å²) in [5.74, 6) is 0.844. The Labute approximate surface area is 131 Å². The van der Waals surface area contributed by atoms with Gasteiger partial charge in [-0.3, -0.25) is 0 Å². The zero-order valence-electron chi connectivity index (χ0n) is 12.0. The molecule has 0 unspecified atom stereocenters. The van der Waals surface area contributed by atoms with Crippen LogP contribution in [0.5, 0.6) is 0 Å². The molecule has 0 heterocycles. The number of aryl methyl sites for hydroxylation is 1. The van der Waals surface area contributed by atoms with E-state index in [0.717, 1.165) is 37.7 Å². The third-order valence-corrected chi connectivity index (χ3v) is 5.62. The Hall–Kier alpha value is -0.620. The van der Waals surface area contributed by atoms with E-state index in [9.17, 15) is 13.5 Å². The van der Waals surface area contributed by atoms with E-state index in [1.807, 2.05) is 0 Å². The quantitative estimate of drug-likeness (QED) is 0.786. The van der Waals surface area contributed by atoms with Crippen LogP contribution in [0.3, 0.4) is 0 Å². The normalized spacial score (nSPS) is 23.1. The predicted molar refractivity (Wildman–Crippen MR) is 84.0 cm³/mol. The SMILES string of the molecule is O=S(=O)(NCC1CCC(O)CC1)c1ccc(CCCl)cc1. The summed E-state index contributed by atoms with van der Waals surface area (Å²) < 4.78 is 27.1. The van der Waals surface area contributed by atoms with E-state index in [-0.39, 0.29) is 11.0 Å². The van der Waals surface area contributed by atoms with Crippen molar-refractivity contribution >= 4 is 21.6 Å². The largest absolute Gasteiger partial charge is 0.393 e. The maximum atomic E-state index is 12.2. The molecule has 0 atom stereocenters. The van der Waals surface area contributed by atoms with Crippen molar-refractivity contribution in [2.24, 2.45) is 5.92 Å². The highest BCUT2D eigenvalue weighted by molar-refractivity contribution is 7.89. The maximum absolute atomic E-state index is 12.2. The topological polar surface area (TPSA) is 66.4 Å². The highest BCUT2D eigenvalue weighted by atomic mass is 35.5.